The Morgan fingerprint density at radius 3 is 2.27 bits per heavy atom. The summed E-state index contributed by atoms with van der Waals surface area (Å²) in [6.45, 7) is 5.28. The standard InChI is InChI=1S/C14H17F3N2O2S/c1-9-7-19(8-10(2)20-9)13(22)18-11-3-5-12(6-4-11)21-14(15,16)17/h3-6,9-10H,7-8H2,1-2H3,(H,18,22)/t9-,10-/m0/s1. The van der Waals surface area contributed by atoms with E-state index in [1.54, 1.807) is 0 Å². The van der Waals surface area contributed by atoms with E-state index in [1.165, 1.54) is 24.3 Å². The Bertz CT molecular complexity index is 512. The monoisotopic (exact) mass is 334 g/mol. The zero-order valence-electron chi connectivity index (χ0n) is 12.2. The Labute approximate surface area is 132 Å². The van der Waals surface area contributed by atoms with E-state index in [4.69, 9.17) is 17.0 Å². The van der Waals surface area contributed by atoms with Gasteiger partial charge in [-0.2, -0.15) is 0 Å². The predicted octanol–water partition coefficient (Wildman–Crippen LogP) is 3.39. The summed E-state index contributed by atoms with van der Waals surface area (Å²) in [5.74, 6) is -0.266. The Hall–Kier alpha value is -1.54. The number of rotatable bonds is 2. The van der Waals surface area contributed by atoms with E-state index in [0.29, 0.717) is 23.9 Å². The smallest absolute Gasteiger partial charge is 0.406 e. The number of hydrogen-bond acceptors (Lipinski definition) is 3. The molecule has 122 valence electrons. The molecule has 0 radical (unpaired) electrons. The Morgan fingerprint density at radius 1 is 1.23 bits per heavy atom. The van der Waals surface area contributed by atoms with Gasteiger partial charge >= 0.3 is 6.36 Å². The summed E-state index contributed by atoms with van der Waals surface area (Å²) in [5.41, 5.74) is 0.603. The number of alkyl halides is 3. The second kappa shape index (κ2) is 6.70. The van der Waals surface area contributed by atoms with Crippen LogP contribution in [-0.4, -0.2) is 41.7 Å². The molecule has 0 amide bonds. The molecule has 0 aliphatic carbocycles. The quantitative estimate of drug-likeness (QED) is 0.839. The van der Waals surface area contributed by atoms with Gasteiger partial charge in [-0.3, -0.25) is 0 Å². The maximum Gasteiger partial charge on any atom is 0.573 e. The predicted molar refractivity (Wildman–Crippen MR) is 80.9 cm³/mol. The van der Waals surface area contributed by atoms with Gasteiger partial charge in [0.25, 0.3) is 0 Å². The fourth-order valence-corrected chi connectivity index (χ4v) is 2.55. The molecule has 1 heterocycles. The third-order valence-corrected chi connectivity index (χ3v) is 3.41. The molecule has 2 rings (SSSR count). The molecule has 8 heteroatoms. The number of nitrogens with zero attached hydrogens (tertiary/aromatic N) is 1. The topological polar surface area (TPSA) is 33.7 Å². The highest BCUT2D eigenvalue weighted by Crippen LogP contribution is 2.24. The summed E-state index contributed by atoms with van der Waals surface area (Å²) in [7, 11) is 0. The van der Waals surface area contributed by atoms with Crippen LogP contribution >= 0.6 is 12.2 Å². The number of anilines is 1. The molecule has 2 atom stereocenters. The Balaban J connectivity index is 1.94. The van der Waals surface area contributed by atoms with Crippen molar-refractivity contribution in [2.75, 3.05) is 18.4 Å². The second-order valence-corrected chi connectivity index (χ2v) is 5.55. The van der Waals surface area contributed by atoms with Crippen LogP contribution in [0, 0.1) is 0 Å². The third-order valence-electron chi connectivity index (χ3n) is 3.05. The maximum atomic E-state index is 12.1. The van der Waals surface area contributed by atoms with E-state index in [2.05, 4.69) is 10.1 Å². The Kier molecular flexibility index (Phi) is 5.12. The van der Waals surface area contributed by atoms with Crippen molar-refractivity contribution in [3.8, 4) is 5.75 Å². The first-order valence-electron chi connectivity index (χ1n) is 6.80. The molecule has 22 heavy (non-hydrogen) atoms. The van der Waals surface area contributed by atoms with E-state index >= 15 is 0 Å². The van der Waals surface area contributed by atoms with Crippen molar-refractivity contribution in [1.82, 2.24) is 4.90 Å². The molecule has 1 aliphatic rings. The molecule has 1 saturated heterocycles. The summed E-state index contributed by atoms with van der Waals surface area (Å²) in [4.78, 5) is 1.98. The lowest BCUT2D eigenvalue weighted by atomic mass is 10.2. The molecule has 4 nitrogen and oxygen atoms in total. The first kappa shape index (κ1) is 16.8. The van der Waals surface area contributed by atoms with Crippen LogP contribution in [0.1, 0.15) is 13.8 Å². The first-order valence-corrected chi connectivity index (χ1v) is 7.21. The number of ether oxygens (including phenoxy) is 2. The van der Waals surface area contributed by atoms with Crippen molar-refractivity contribution in [3.63, 3.8) is 0 Å². The van der Waals surface area contributed by atoms with Gasteiger partial charge in [-0.15, -0.1) is 13.2 Å². The summed E-state index contributed by atoms with van der Waals surface area (Å²) in [5, 5.41) is 3.53. The molecule has 1 aromatic carbocycles. The molecular weight excluding hydrogens is 317 g/mol. The lowest BCUT2D eigenvalue weighted by molar-refractivity contribution is -0.274. The van der Waals surface area contributed by atoms with Crippen molar-refractivity contribution in [3.05, 3.63) is 24.3 Å². The van der Waals surface area contributed by atoms with Crippen LogP contribution < -0.4 is 10.1 Å². The van der Waals surface area contributed by atoms with Gasteiger partial charge in [0.05, 0.1) is 12.2 Å². The molecule has 0 aromatic heterocycles. The highest BCUT2D eigenvalue weighted by atomic mass is 32.1. The number of benzene rings is 1. The number of nitrogens with one attached hydrogen (secondary N) is 1. The zero-order valence-corrected chi connectivity index (χ0v) is 13.0. The van der Waals surface area contributed by atoms with E-state index in [1.807, 2.05) is 18.7 Å². The van der Waals surface area contributed by atoms with Gasteiger partial charge in [0.2, 0.25) is 0 Å². The van der Waals surface area contributed by atoms with E-state index in [0.717, 1.165) is 0 Å². The van der Waals surface area contributed by atoms with E-state index in [-0.39, 0.29) is 18.0 Å². The third kappa shape index (κ3) is 5.03. The second-order valence-electron chi connectivity index (χ2n) is 5.16. The van der Waals surface area contributed by atoms with Crippen LogP contribution in [0.15, 0.2) is 24.3 Å². The molecule has 0 saturated carbocycles. The molecular formula is C14H17F3N2O2S. The Morgan fingerprint density at radius 2 is 1.77 bits per heavy atom. The van der Waals surface area contributed by atoms with Crippen molar-refractivity contribution >= 4 is 23.0 Å². The van der Waals surface area contributed by atoms with Crippen molar-refractivity contribution in [2.45, 2.75) is 32.4 Å². The lowest BCUT2D eigenvalue weighted by Crippen LogP contribution is -2.49. The number of morpholine rings is 1. The van der Waals surface area contributed by atoms with Crippen LogP contribution in [0.3, 0.4) is 0 Å². The highest BCUT2D eigenvalue weighted by molar-refractivity contribution is 7.80. The minimum Gasteiger partial charge on any atom is -0.406 e. The molecule has 1 aromatic rings. The van der Waals surface area contributed by atoms with E-state index in [9.17, 15) is 13.2 Å². The minimum absolute atomic E-state index is 0.0751. The average molecular weight is 334 g/mol. The number of thiocarbonyl (C=S) groups is 1. The number of hydrogen-bond donors (Lipinski definition) is 1. The molecule has 1 fully saturated rings. The van der Waals surface area contributed by atoms with Gasteiger partial charge < -0.3 is 19.7 Å². The molecule has 0 bridgehead atoms. The summed E-state index contributed by atoms with van der Waals surface area (Å²) < 4.78 is 45.7. The van der Waals surface area contributed by atoms with Crippen LogP contribution in [0.2, 0.25) is 0 Å². The van der Waals surface area contributed by atoms with Crippen molar-refractivity contribution in [2.24, 2.45) is 0 Å². The van der Waals surface area contributed by atoms with Crippen LogP contribution in [0.4, 0.5) is 18.9 Å². The van der Waals surface area contributed by atoms with Gasteiger partial charge in [0.1, 0.15) is 5.75 Å². The number of halogens is 3. The van der Waals surface area contributed by atoms with Gasteiger partial charge in [-0.1, -0.05) is 0 Å². The fraction of sp³-hybridized carbons (Fsp3) is 0.500. The van der Waals surface area contributed by atoms with Crippen LogP contribution in [0.5, 0.6) is 5.75 Å². The van der Waals surface area contributed by atoms with Crippen LogP contribution in [-0.2, 0) is 4.74 Å². The normalized spacial score (nSPS) is 22.3. The minimum atomic E-state index is -4.69. The van der Waals surface area contributed by atoms with E-state index < -0.39 is 6.36 Å². The SMILES string of the molecule is C[C@H]1CN(C(=S)Nc2ccc(OC(F)(F)F)cc2)C[C@H](C)O1. The molecule has 1 N–H and O–H groups in total. The first-order chi connectivity index (χ1) is 10.2. The lowest BCUT2D eigenvalue weighted by Gasteiger charge is -2.36. The molecule has 1 aliphatic heterocycles. The van der Waals surface area contributed by atoms with Crippen molar-refractivity contribution in [1.29, 1.82) is 0 Å². The average Bonchev–Trinajstić information content (AvgIpc) is 2.38. The van der Waals surface area contributed by atoms with Gasteiger partial charge in [-0.25, -0.2) is 0 Å². The van der Waals surface area contributed by atoms with Crippen LogP contribution in [0.25, 0.3) is 0 Å². The maximum absolute atomic E-state index is 12.1. The molecule has 0 unspecified atom stereocenters. The van der Waals surface area contributed by atoms with Crippen molar-refractivity contribution < 1.29 is 22.6 Å². The van der Waals surface area contributed by atoms with Gasteiger partial charge in [0, 0.05) is 18.8 Å². The highest BCUT2D eigenvalue weighted by Gasteiger charge is 2.31. The van der Waals surface area contributed by atoms with Gasteiger partial charge in [-0.05, 0) is 50.3 Å². The molecule has 0 spiro atoms. The fourth-order valence-electron chi connectivity index (χ4n) is 2.29. The van der Waals surface area contributed by atoms with Gasteiger partial charge in [0.15, 0.2) is 5.11 Å². The summed E-state index contributed by atoms with van der Waals surface area (Å²) in [6, 6.07) is 5.45. The largest absolute Gasteiger partial charge is 0.573 e. The summed E-state index contributed by atoms with van der Waals surface area (Å²) in [6.07, 6.45) is -4.54. The summed E-state index contributed by atoms with van der Waals surface area (Å²) >= 11 is 5.33. The zero-order chi connectivity index (χ0) is 16.3.